The monoisotopic (exact) mass is 277 g/mol. The number of nitrogens with two attached hydrogens (primary N) is 1. The highest BCUT2D eigenvalue weighted by atomic mass is 19.2. The molecule has 1 unspecified atom stereocenters. The highest BCUT2D eigenvalue weighted by Crippen LogP contribution is 2.29. The van der Waals surface area contributed by atoms with E-state index in [1.165, 1.54) is 36.4 Å². The van der Waals surface area contributed by atoms with Crippen LogP contribution in [0.25, 0.3) is 11.0 Å². The van der Waals surface area contributed by atoms with Crippen LogP contribution in [-0.4, -0.2) is 0 Å². The molecule has 5 heteroatoms. The number of halogens is 3. The van der Waals surface area contributed by atoms with Gasteiger partial charge in [0.2, 0.25) is 0 Å². The van der Waals surface area contributed by atoms with Crippen LogP contribution in [0.15, 0.2) is 46.9 Å². The van der Waals surface area contributed by atoms with E-state index < -0.39 is 23.5 Å². The minimum atomic E-state index is -1.01. The first kappa shape index (κ1) is 12.7. The van der Waals surface area contributed by atoms with Crippen molar-refractivity contribution in [3.8, 4) is 0 Å². The van der Waals surface area contributed by atoms with Gasteiger partial charge in [0.05, 0.1) is 6.04 Å². The smallest absolute Gasteiger partial charge is 0.164 e. The van der Waals surface area contributed by atoms with Gasteiger partial charge in [-0.3, -0.25) is 0 Å². The van der Waals surface area contributed by atoms with Crippen LogP contribution in [0.1, 0.15) is 17.4 Å². The maximum atomic E-state index is 13.7. The van der Waals surface area contributed by atoms with Gasteiger partial charge >= 0.3 is 0 Å². The Morgan fingerprint density at radius 1 is 1.00 bits per heavy atom. The highest BCUT2D eigenvalue weighted by molar-refractivity contribution is 5.78. The predicted molar refractivity (Wildman–Crippen MR) is 68.6 cm³/mol. The molecule has 2 N–H and O–H groups in total. The van der Waals surface area contributed by atoms with Gasteiger partial charge in [0.25, 0.3) is 0 Å². The molecule has 0 bridgehead atoms. The van der Waals surface area contributed by atoms with Crippen LogP contribution in [-0.2, 0) is 0 Å². The van der Waals surface area contributed by atoms with Crippen LogP contribution >= 0.6 is 0 Å². The van der Waals surface area contributed by atoms with E-state index in [2.05, 4.69) is 0 Å². The van der Waals surface area contributed by atoms with Crippen LogP contribution in [0.2, 0.25) is 0 Å². The second kappa shape index (κ2) is 4.68. The van der Waals surface area contributed by atoms with Crippen LogP contribution in [0, 0.1) is 17.5 Å². The Bertz CT molecular complexity index is 782. The largest absolute Gasteiger partial charge is 0.459 e. The average Bonchev–Trinajstić information content (AvgIpc) is 2.84. The lowest BCUT2D eigenvalue weighted by molar-refractivity contribution is 0.475. The Labute approximate surface area is 112 Å². The summed E-state index contributed by atoms with van der Waals surface area (Å²) < 4.78 is 45.5. The molecule has 2 nitrogen and oxygen atoms in total. The molecule has 0 aliphatic rings. The van der Waals surface area contributed by atoms with Crippen molar-refractivity contribution >= 4 is 11.0 Å². The van der Waals surface area contributed by atoms with Gasteiger partial charge in [-0.2, -0.15) is 0 Å². The van der Waals surface area contributed by atoms with E-state index >= 15 is 0 Å². The molecule has 2 aromatic carbocycles. The molecule has 0 saturated carbocycles. The number of hydrogen-bond donors (Lipinski definition) is 1. The summed E-state index contributed by atoms with van der Waals surface area (Å²) in [7, 11) is 0. The normalized spacial score (nSPS) is 12.8. The molecule has 0 spiro atoms. The molecular formula is C15H10F3NO. The average molecular weight is 277 g/mol. The molecular weight excluding hydrogens is 267 g/mol. The fourth-order valence-electron chi connectivity index (χ4n) is 2.10. The van der Waals surface area contributed by atoms with Gasteiger partial charge in [0.1, 0.15) is 17.2 Å². The maximum Gasteiger partial charge on any atom is 0.164 e. The Morgan fingerprint density at radius 2 is 1.80 bits per heavy atom. The highest BCUT2D eigenvalue weighted by Gasteiger charge is 2.19. The van der Waals surface area contributed by atoms with E-state index in [1.54, 1.807) is 0 Å². The van der Waals surface area contributed by atoms with Gasteiger partial charge in [-0.05, 0) is 30.3 Å². The van der Waals surface area contributed by atoms with E-state index in [1.807, 2.05) is 0 Å². The summed E-state index contributed by atoms with van der Waals surface area (Å²) in [6.07, 6.45) is 0. The van der Waals surface area contributed by atoms with Gasteiger partial charge in [-0.15, -0.1) is 0 Å². The number of furan rings is 1. The maximum absolute atomic E-state index is 13.7. The van der Waals surface area contributed by atoms with Crippen molar-refractivity contribution in [1.29, 1.82) is 0 Å². The summed E-state index contributed by atoms with van der Waals surface area (Å²) >= 11 is 0. The number of rotatable bonds is 2. The van der Waals surface area contributed by atoms with Crippen molar-refractivity contribution in [2.75, 3.05) is 0 Å². The molecule has 1 atom stereocenters. The van der Waals surface area contributed by atoms with Crippen LogP contribution in [0.5, 0.6) is 0 Å². The van der Waals surface area contributed by atoms with E-state index in [0.717, 1.165) is 6.07 Å². The molecule has 0 amide bonds. The molecule has 0 radical (unpaired) electrons. The van der Waals surface area contributed by atoms with Crippen molar-refractivity contribution < 1.29 is 17.6 Å². The predicted octanol–water partition coefficient (Wildman–Crippen LogP) is 3.90. The molecule has 0 saturated heterocycles. The quantitative estimate of drug-likeness (QED) is 0.771. The first-order valence-corrected chi connectivity index (χ1v) is 5.95. The molecule has 3 aromatic rings. The van der Waals surface area contributed by atoms with Gasteiger partial charge in [-0.25, -0.2) is 13.2 Å². The van der Waals surface area contributed by atoms with Gasteiger partial charge in [0, 0.05) is 10.9 Å². The first-order valence-electron chi connectivity index (χ1n) is 5.95. The minimum Gasteiger partial charge on any atom is -0.459 e. The summed E-state index contributed by atoms with van der Waals surface area (Å²) in [5.41, 5.74) is 6.32. The third kappa shape index (κ3) is 2.06. The summed E-state index contributed by atoms with van der Waals surface area (Å²) in [6.45, 7) is 0. The molecule has 1 aromatic heterocycles. The number of benzene rings is 2. The summed E-state index contributed by atoms with van der Waals surface area (Å²) in [4.78, 5) is 0. The standard InChI is InChI=1S/C15H10F3NO/c16-9-4-5-12-8(6-9)7-13(20-12)15(19)10-2-1-3-11(17)14(10)18/h1-7,15H,19H2. The second-order valence-electron chi connectivity index (χ2n) is 4.45. The molecule has 0 fully saturated rings. The Kier molecular flexibility index (Phi) is 2.99. The molecule has 20 heavy (non-hydrogen) atoms. The Morgan fingerprint density at radius 3 is 2.60 bits per heavy atom. The van der Waals surface area contributed by atoms with Crippen molar-refractivity contribution in [3.63, 3.8) is 0 Å². The lowest BCUT2D eigenvalue weighted by atomic mass is 10.0. The van der Waals surface area contributed by atoms with Gasteiger partial charge in [0.15, 0.2) is 11.6 Å². The Balaban J connectivity index is 2.08. The zero-order chi connectivity index (χ0) is 14.3. The zero-order valence-corrected chi connectivity index (χ0v) is 10.2. The fourth-order valence-corrected chi connectivity index (χ4v) is 2.10. The number of fused-ring (bicyclic) bond motifs is 1. The SMILES string of the molecule is NC(c1cc2cc(F)ccc2o1)c1cccc(F)c1F. The zero-order valence-electron chi connectivity index (χ0n) is 10.2. The van der Waals surface area contributed by atoms with Crippen LogP contribution in [0.3, 0.4) is 0 Å². The van der Waals surface area contributed by atoms with Crippen molar-refractivity contribution in [1.82, 2.24) is 0 Å². The minimum absolute atomic E-state index is 0.00970. The molecule has 0 aliphatic carbocycles. The Hall–Kier alpha value is -2.27. The van der Waals surface area contributed by atoms with Crippen molar-refractivity contribution in [2.24, 2.45) is 5.73 Å². The summed E-state index contributed by atoms with van der Waals surface area (Å²) in [6, 6.07) is 8.34. The third-order valence-electron chi connectivity index (χ3n) is 3.12. The summed E-state index contributed by atoms with van der Waals surface area (Å²) in [5.74, 6) is -2.14. The van der Waals surface area contributed by atoms with E-state index in [4.69, 9.17) is 10.2 Å². The van der Waals surface area contributed by atoms with E-state index in [0.29, 0.717) is 11.0 Å². The molecule has 102 valence electrons. The van der Waals surface area contributed by atoms with Gasteiger partial charge < -0.3 is 10.2 Å². The first-order chi connectivity index (χ1) is 9.56. The van der Waals surface area contributed by atoms with Gasteiger partial charge in [-0.1, -0.05) is 12.1 Å². The van der Waals surface area contributed by atoms with Crippen LogP contribution in [0.4, 0.5) is 13.2 Å². The lowest BCUT2D eigenvalue weighted by Crippen LogP contribution is -2.13. The molecule has 3 rings (SSSR count). The fraction of sp³-hybridized carbons (Fsp3) is 0.0667. The van der Waals surface area contributed by atoms with Crippen LogP contribution < -0.4 is 5.73 Å². The third-order valence-corrected chi connectivity index (χ3v) is 3.12. The molecule has 0 aliphatic heterocycles. The van der Waals surface area contributed by atoms with E-state index in [9.17, 15) is 13.2 Å². The van der Waals surface area contributed by atoms with E-state index in [-0.39, 0.29) is 11.3 Å². The summed E-state index contributed by atoms with van der Waals surface area (Å²) in [5, 5.41) is 0.521. The molecule has 1 heterocycles. The second-order valence-corrected chi connectivity index (χ2v) is 4.45. The van der Waals surface area contributed by atoms with Crippen molar-refractivity contribution in [3.05, 3.63) is 71.2 Å². The topological polar surface area (TPSA) is 39.2 Å². The lowest BCUT2D eigenvalue weighted by Gasteiger charge is -2.10. The number of hydrogen-bond acceptors (Lipinski definition) is 2. The van der Waals surface area contributed by atoms with Crippen molar-refractivity contribution in [2.45, 2.75) is 6.04 Å².